The second-order valence-corrected chi connectivity index (χ2v) is 5.23. The number of nitrogens with zero attached hydrogens (tertiary/aromatic N) is 1. The number of H-pyrrole nitrogens is 1. The highest BCUT2D eigenvalue weighted by atomic mass is 16.2. The molecule has 0 radical (unpaired) electrons. The van der Waals surface area contributed by atoms with Crippen LogP contribution in [0.25, 0.3) is 10.9 Å². The van der Waals surface area contributed by atoms with E-state index in [1.807, 2.05) is 11.0 Å². The first kappa shape index (κ1) is 11.3. The Hall–Kier alpha value is -1.77. The topological polar surface area (TPSA) is 36.1 Å². The number of benzene rings is 1. The van der Waals surface area contributed by atoms with Crippen LogP contribution in [-0.2, 0) is 0 Å². The molecule has 0 saturated carbocycles. The number of carbonyl (C=O) groups excluding carboxylic acids is 1. The summed E-state index contributed by atoms with van der Waals surface area (Å²) in [5.41, 5.74) is 4.24. The van der Waals surface area contributed by atoms with Crippen LogP contribution in [0.5, 0.6) is 0 Å². The molecule has 1 aromatic carbocycles. The third kappa shape index (κ3) is 1.80. The zero-order chi connectivity index (χ0) is 12.7. The third-order valence-corrected chi connectivity index (χ3v) is 3.71. The lowest BCUT2D eigenvalue weighted by Gasteiger charge is -2.13. The Morgan fingerprint density at radius 2 is 1.89 bits per heavy atom. The summed E-state index contributed by atoms with van der Waals surface area (Å²) in [7, 11) is 0. The normalized spacial score (nSPS) is 15.6. The van der Waals surface area contributed by atoms with Gasteiger partial charge in [0.1, 0.15) is 5.69 Å². The predicted molar refractivity (Wildman–Crippen MR) is 72.9 cm³/mol. The van der Waals surface area contributed by atoms with Gasteiger partial charge in [0.15, 0.2) is 0 Å². The maximum atomic E-state index is 12.3. The van der Waals surface area contributed by atoms with E-state index in [-0.39, 0.29) is 5.91 Å². The number of carbonyl (C=O) groups is 1. The van der Waals surface area contributed by atoms with E-state index in [1.54, 1.807) is 0 Å². The van der Waals surface area contributed by atoms with Gasteiger partial charge >= 0.3 is 0 Å². The minimum absolute atomic E-state index is 0.140. The van der Waals surface area contributed by atoms with Gasteiger partial charge in [0.05, 0.1) is 0 Å². The third-order valence-electron chi connectivity index (χ3n) is 3.71. The number of aromatic amines is 1. The summed E-state index contributed by atoms with van der Waals surface area (Å²) < 4.78 is 0. The molecule has 0 spiro atoms. The fraction of sp³-hybridized carbons (Fsp3) is 0.400. The van der Waals surface area contributed by atoms with Crippen molar-refractivity contribution in [2.24, 2.45) is 0 Å². The van der Waals surface area contributed by atoms with Crippen molar-refractivity contribution in [2.75, 3.05) is 13.1 Å². The van der Waals surface area contributed by atoms with E-state index >= 15 is 0 Å². The summed E-state index contributed by atoms with van der Waals surface area (Å²) in [6, 6.07) is 6.24. The minimum atomic E-state index is 0.140. The molecular formula is C15H18N2O. The Morgan fingerprint density at radius 1 is 1.17 bits per heavy atom. The van der Waals surface area contributed by atoms with E-state index in [2.05, 4.69) is 31.0 Å². The lowest BCUT2D eigenvalue weighted by atomic mass is 10.1. The molecule has 1 aliphatic heterocycles. The van der Waals surface area contributed by atoms with E-state index in [0.29, 0.717) is 0 Å². The van der Waals surface area contributed by atoms with E-state index in [4.69, 9.17) is 0 Å². The van der Waals surface area contributed by atoms with Crippen LogP contribution < -0.4 is 0 Å². The number of aromatic nitrogens is 1. The zero-order valence-corrected chi connectivity index (χ0v) is 10.9. The molecule has 1 amide bonds. The van der Waals surface area contributed by atoms with Crippen LogP contribution in [0.2, 0.25) is 0 Å². The highest BCUT2D eigenvalue weighted by Gasteiger charge is 2.21. The monoisotopic (exact) mass is 242 g/mol. The molecule has 94 valence electrons. The van der Waals surface area contributed by atoms with Crippen LogP contribution >= 0.6 is 0 Å². The molecule has 2 aromatic rings. The van der Waals surface area contributed by atoms with Crippen LogP contribution in [-0.4, -0.2) is 28.9 Å². The standard InChI is InChI=1S/C15H18N2O/c1-10-7-11(2)12-9-14(16-13(12)8-10)15(18)17-5-3-4-6-17/h7-9,16H,3-6H2,1-2H3. The molecule has 0 bridgehead atoms. The molecule has 18 heavy (non-hydrogen) atoms. The number of rotatable bonds is 1. The van der Waals surface area contributed by atoms with Gasteiger partial charge in [0.2, 0.25) is 0 Å². The fourth-order valence-corrected chi connectivity index (χ4v) is 2.81. The Balaban J connectivity index is 2.02. The molecule has 0 unspecified atom stereocenters. The maximum absolute atomic E-state index is 12.3. The lowest BCUT2D eigenvalue weighted by Crippen LogP contribution is -2.27. The van der Waals surface area contributed by atoms with Gasteiger partial charge in [-0.15, -0.1) is 0 Å². The summed E-state index contributed by atoms with van der Waals surface area (Å²) >= 11 is 0. The van der Waals surface area contributed by atoms with Crippen LogP contribution in [0.1, 0.15) is 34.5 Å². The number of aryl methyl sites for hydroxylation is 2. The first-order valence-corrected chi connectivity index (χ1v) is 6.54. The molecule has 0 aliphatic carbocycles. The van der Waals surface area contributed by atoms with Gasteiger partial charge in [0, 0.05) is 24.0 Å². The highest BCUT2D eigenvalue weighted by molar-refractivity contribution is 5.99. The average Bonchev–Trinajstić information content (AvgIpc) is 2.96. The van der Waals surface area contributed by atoms with Crippen molar-refractivity contribution in [1.29, 1.82) is 0 Å². The SMILES string of the molecule is Cc1cc(C)c2cc(C(=O)N3CCCC3)[nH]c2c1. The number of nitrogens with one attached hydrogen (secondary N) is 1. The lowest BCUT2D eigenvalue weighted by molar-refractivity contribution is 0.0788. The summed E-state index contributed by atoms with van der Waals surface area (Å²) in [6.45, 7) is 5.96. The first-order valence-electron chi connectivity index (χ1n) is 6.54. The van der Waals surface area contributed by atoms with Gasteiger partial charge in [-0.1, -0.05) is 6.07 Å². The first-order chi connectivity index (χ1) is 8.65. The summed E-state index contributed by atoms with van der Waals surface area (Å²) in [6.07, 6.45) is 2.26. The Morgan fingerprint density at radius 3 is 2.61 bits per heavy atom. The Bertz CT molecular complexity index is 606. The largest absolute Gasteiger partial charge is 0.351 e. The van der Waals surface area contributed by atoms with Crippen molar-refractivity contribution >= 4 is 16.8 Å². The molecule has 1 aliphatic rings. The van der Waals surface area contributed by atoms with Gasteiger partial charge in [-0.25, -0.2) is 0 Å². The van der Waals surface area contributed by atoms with Crippen molar-refractivity contribution in [3.63, 3.8) is 0 Å². The zero-order valence-electron chi connectivity index (χ0n) is 10.9. The average molecular weight is 242 g/mol. The molecule has 1 saturated heterocycles. The molecule has 0 atom stereocenters. The van der Waals surface area contributed by atoms with Crippen molar-refractivity contribution in [1.82, 2.24) is 9.88 Å². The van der Waals surface area contributed by atoms with Crippen LogP contribution in [0.15, 0.2) is 18.2 Å². The number of amides is 1. The van der Waals surface area contributed by atoms with Gasteiger partial charge in [-0.2, -0.15) is 0 Å². The second kappa shape index (κ2) is 4.16. The number of likely N-dealkylation sites (tertiary alicyclic amines) is 1. The summed E-state index contributed by atoms with van der Waals surface area (Å²) in [5, 5.41) is 1.16. The molecule has 2 heterocycles. The van der Waals surface area contributed by atoms with Crippen molar-refractivity contribution in [3.8, 4) is 0 Å². The van der Waals surface area contributed by atoms with Gasteiger partial charge < -0.3 is 9.88 Å². The van der Waals surface area contributed by atoms with Gasteiger partial charge in [-0.05, 0) is 49.9 Å². The van der Waals surface area contributed by atoms with Gasteiger partial charge in [0.25, 0.3) is 5.91 Å². The Labute approximate surface area is 107 Å². The van der Waals surface area contributed by atoms with Crippen LogP contribution in [0.4, 0.5) is 0 Å². The van der Waals surface area contributed by atoms with Crippen molar-refractivity contribution in [3.05, 3.63) is 35.0 Å². The molecule has 1 aromatic heterocycles. The Kier molecular flexibility index (Phi) is 2.62. The van der Waals surface area contributed by atoms with Crippen molar-refractivity contribution < 1.29 is 4.79 Å². The molecule has 1 N–H and O–H groups in total. The quantitative estimate of drug-likeness (QED) is 0.819. The summed E-state index contributed by atoms with van der Waals surface area (Å²) in [5.74, 6) is 0.140. The van der Waals surface area contributed by atoms with E-state index in [0.717, 1.165) is 42.5 Å². The number of hydrogen-bond acceptors (Lipinski definition) is 1. The number of hydrogen-bond donors (Lipinski definition) is 1. The fourth-order valence-electron chi connectivity index (χ4n) is 2.81. The molecule has 1 fully saturated rings. The van der Waals surface area contributed by atoms with Gasteiger partial charge in [-0.3, -0.25) is 4.79 Å². The highest BCUT2D eigenvalue weighted by Crippen LogP contribution is 2.23. The van der Waals surface area contributed by atoms with E-state index < -0.39 is 0 Å². The molecule has 3 nitrogen and oxygen atoms in total. The predicted octanol–water partition coefficient (Wildman–Crippen LogP) is 3.02. The van der Waals surface area contributed by atoms with Crippen LogP contribution in [0.3, 0.4) is 0 Å². The molecule has 3 rings (SSSR count). The van der Waals surface area contributed by atoms with E-state index in [9.17, 15) is 4.79 Å². The summed E-state index contributed by atoms with van der Waals surface area (Å²) in [4.78, 5) is 17.5. The minimum Gasteiger partial charge on any atom is -0.351 e. The number of fused-ring (bicyclic) bond motifs is 1. The molecule has 3 heteroatoms. The maximum Gasteiger partial charge on any atom is 0.270 e. The van der Waals surface area contributed by atoms with E-state index in [1.165, 1.54) is 11.1 Å². The smallest absolute Gasteiger partial charge is 0.270 e. The molecular weight excluding hydrogens is 224 g/mol. The van der Waals surface area contributed by atoms with Crippen molar-refractivity contribution in [2.45, 2.75) is 26.7 Å². The second-order valence-electron chi connectivity index (χ2n) is 5.23. The van der Waals surface area contributed by atoms with Crippen LogP contribution in [0, 0.1) is 13.8 Å².